The van der Waals surface area contributed by atoms with Crippen molar-refractivity contribution < 1.29 is 4.79 Å². The Morgan fingerprint density at radius 2 is 2.04 bits per heavy atom. The van der Waals surface area contributed by atoms with Gasteiger partial charge in [-0.2, -0.15) is 0 Å². The van der Waals surface area contributed by atoms with E-state index >= 15 is 0 Å². The lowest BCUT2D eigenvalue weighted by Crippen LogP contribution is -2.42. The number of anilines is 1. The van der Waals surface area contributed by atoms with Crippen LogP contribution in [0.2, 0.25) is 0 Å². The van der Waals surface area contributed by atoms with Gasteiger partial charge in [-0.05, 0) is 64.0 Å². The maximum atomic E-state index is 12.7. The Morgan fingerprint density at radius 1 is 1.26 bits per heavy atom. The number of urea groups is 1. The summed E-state index contributed by atoms with van der Waals surface area (Å²) in [7, 11) is 6.06. The lowest BCUT2D eigenvalue weighted by Gasteiger charge is -2.32. The molecule has 0 spiro atoms. The van der Waals surface area contributed by atoms with Gasteiger partial charge in [0, 0.05) is 31.7 Å². The number of carbonyl (C=O) groups is 1. The number of hydrogen-bond donors (Lipinski definition) is 1. The second kappa shape index (κ2) is 8.08. The van der Waals surface area contributed by atoms with Crippen LogP contribution in [0.1, 0.15) is 41.5 Å². The molecule has 1 aromatic heterocycles. The zero-order valence-electron chi connectivity index (χ0n) is 17.0. The first-order valence-electron chi connectivity index (χ1n) is 9.51. The molecule has 1 atom stereocenters. The Kier molecular flexibility index (Phi) is 5.79. The molecule has 0 radical (unpaired) electrons. The minimum absolute atomic E-state index is 0.0429. The highest BCUT2D eigenvalue weighted by molar-refractivity contribution is 5.89. The molecule has 2 heterocycles. The van der Waals surface area contributed by atoms with E-state index in [-0.39, 0.29) is 11.9 Å². The lowest BCUT2D eigenvalue weighted by atomic mass is 9.97. The van der Waals surface area contributed by atoms with Crippen LogP contribution in [0.15, 0.2) is 18.2 Å². The average Bonchev–Trinajstić information content (AvgIpc) is 2.98. The summed E-state index contributed by atoms with van der Waals surface area (Å²) < 4.78 is 2.08. The van der Waals surface area contributed by atoms with Crippen molar-refractivity contribution in [3.63, 3.8) is 0 Å². The first-order valence-corrected chi connectivity index (χ1v) is 9.51. The summed E-state index contributed by atoms with van der Waals surface area (Å²) >= 11 is 0. The molecule has 1 aliphatic heterocycles. The molecule has 1 fully saturated rings. The van der Waals surface area contributed by atoms with Crippen LogP contribution in [0.4, 0.5) is 10.5 Å². The van der Waals surface area contributed by atoms with Gasteiger partial charge in [0.2, 0.25) is 0 Å². The van der Waals surface area contributed by atoms with Crippen LogP contribution in [-0.2, 0) is 13.6 Å². The minimum atomic E-state index is -0.0429. The van der Waals surface area contributed by atoms with Gasteiger partial charge in [0.25, 0.3) is 0 Å². The topological polar surface area (TPSA) is 66.3 Å². The van der Waals surface area contributed by atoms with E-state index in [0.717, 1.165) is 43.3 Å². The van der Waals surface area contributed by atoms with Crippen LogP contribution in [0.25, 0.3) is 0 Å². The van der Waals surface area contributed by atoms with Gasteiger partial charge in [-0.1, -0.05) is 6.07 Å². The smallest absolute Gasteiger partial charge is 0.321 e. The number of amides is 2. The molecule has 1 N–H and O–H groups in total. The van der Waals surface area contributed by atoms with E-state index in [1.165, 1.54) is 11.1 Å². The second-order valence-corrected chi connectivity index (χ2v) is 7.79. The molecule has 1 aliphatic rings. The third-order valence-corrected chi connectivity index (χ3v) is 5.29. The van der Waals surface area contributed by atoms with Crippen molar-refractivity contribution in [3.05, 3.63) is 41.0 Å². The van der Waals surface area contributed by atoms with Gasteiger partial charge in [0.15, 0.2) is 0 Å². The SMILES string of the molecule is Cc1ccc(NC(=O)N2CCC[C@H](c3nnc(CN(C)C)n3C)C2)cc1C. The molecule has 1 saturated heterocycles. The van der Waals surface area contributed by atoms with Crippen LogP contribution in [-0.4, -0.2) is 57.8 Å². The van der Waals surface area contributed by atoms with Gasteiger partial charge < -0.3 is 19.7 Å². The summed E-state index contributed by atoms with van der Waals surface area (Å²) in [6, 6.07) is 5.97. The Hall–Kier alpha value is -2.41. The largest absolute Gasteiger partial charge is 0.324 e. The highest BCUT2D eigenvalue weighted by Gasteiger charge is 2.28. The van der Waals surface area contributed by atoms with Crippen LogP contribution >= 0.6 is 0 Å². The first-order chi connectivity index (χ1) is 12.8. The highest BCUT2D eigenvalue weighted by Crippen LogP contribution is 2.26. The van der Waals surface area contributed by atoms with E-state index in [1.54, 1.807) is 0 Å². The van der Waals surface area contributed by atoms with Crippen LogP contribution in [0.5, 0.6) is 0 Å². The molecular formula is C20H30N6O. The number of nitrogens with zero attached hydrogens (tertiary/aromatic N) is 5. The molecule has 0 saturated carbocycles. The predicted octanol–water partition coefficient (Wildman–Crippen LogP) is 2.91. The van der Waals surface area contributed by atoms with E-state index in [9.17, 15) is 4.79 Å². The zero-order chi connectivity index (χ0) is 19.6. The fraction of sp³-hybridized carbons (Fsp3) is 0.550. The van der Waals surface area contributed by atoms with Crippen molar-refractivity contribution in [3.8, 4) is 0 Å². The first kappa shape index (κ1) is 19.4. The molecule has 0 unspecified atom stereocenters. The third-order valence-electron chi connectivity index (χ3n) is 5.29. The predicted molar refractivity (Wildman–Crippen MR) is 107 cm³/mol. The van der Waals surface area contributed by atoms with Gasteiger partial charge in [-0.3, -0.25) is 0 Å². The van der Waals surface area contributed by atoms with Crippen molar-refractivity contribution in [2.45, 2.75) is 39.2 Å². The Morgan fingerprint density at radius 3 is 2.74 bits per heavy atom. The second-order valence-electron chi connectivity index (χ2n) is 7.79. The summed E-state index contributed by atoms with van der Waals surface area (Å²) in [5, 5.41) is 11.8. The quantitative estimate of drug-likeness (QED) is 0.899. The Labute approximate surface area is 161 Å². The molecule has 1 aromatic carbocycles. The lowest BCUT2D eigenvalue weighted by molar-refractivity contribution is 0.190. The van der Waals surface area contributed by atoms with Gasteiger partial charge in [0.05, 0.1) is 6.54 Å². The number of piperidine rings is 1. The number of aromatic nitrogens is 3. The minimum Gasteiger partial charge on any atom is -0.324 e. The molecule has 0 aliphatic carbocycles. The molecule has 7 heteroatoms. The molecule has 0 bridgehead atoms. The molecule has 3 rings (SSSR count). The standard InChI is InChI=1S/C20H30N6O/c1-14-8-9-17(11-15(14)2)21-20(27)26-10-6-7-16(12-26)19-23-22-18(25(19)5)13-24(3)4/h8-9,11,16H,6-7,10,12-13H2,1-5H3,(H,21,27)/t16-/m0/s1. The summed E-state index contributed by atoms with van der Waals surface area (Å²) in [6.45, 7) is 6.33. The van der Waals surface area contributed by atoms with E-state index in [2.05, 4.69) is 38.8 Å². The molecule has 2 amide bonds. The van der Waals surface area contributed by atoms with Crippen LogP contribution in [0.3, 0.4) is 0 Å². The Balaban J connectivity index is 1.67. The van der Waals surface area contributed by atoms with Gasteiger partial charge in [-0.25, -0.2) is 4.79 Å². The van der Waals surface area contributed by atoms with E-state index in [0.29, 0.717) is 6.54 Å². The molecule has 7 nitrogen and oxygen atoms in total. The van der Waals surface area contributed by atoms with Gasteiger partial charge in [-0.15, -0.1) is 10.2 Å². The van der Waals surface area contributed by atoms with Crippen LogP contribution < -0.4 is 5.32 Å². The number of benzene rings is 1. The number of aryl methyl sites for hydroxylation is 2. The number of likely N-dealkylation sites (tertiary alicyclic amines) is 1. The Bertz CT molecular complexity index is 813. The monoisotopic (exact) mass is 370 g/mol. The van der Waals surface area contributed by atoms with Crippen molar-refractivity contribution in [2.24, 2.45) is 7.05 Å². The van der Waals surface area contributed by atoms with E-state index < -0.39 is 0 Å². The van der Waals surface area contributed by atoms with Crippen molar-refractivity contribution in [2.75, 3.05) is 32.5 Å². The average molecular weight is 371 g/mol. The third kappa shape index (κ3) is 4.47. The van der Waals surface area contributed by atoms with Crippen molar-refractivity contribution in [1.29, 1.82) is 0 Å². The fourth-order valence-corrected chi connectivity index (χ4v) is 3.55. The van der Waals surface area contributed by atoms with E-state index in [1.807, 2.05) is 44.2 Å². The van der Waals surface area contributed by atoms with Crippen molar-refractivity contribution >= 4 is 11.7 Å². The molecule has 146 valence electrons. The number of rotatable bonds is 4. The summed E-state index contributed by atoms with van der Waals surface area (Å²) in [4.78, 5) is 16.7. The molecule has 2 aromatic rings. The maximum absolute atomic E-state index is 12.7. The van der Waals surface area contributed by atoms with Gasteiger partial charge >= 0.3 is 6.03 Å². The highest BCUT2D eigenvalue weighted by atomic mass is 16.2. The van der Waals surface area contributed by atoms with E-state index in [4.69, 9.17) is 0 Å². The molecular weight excluding hydrogens is 340 g/mol. The summed E-state index contributed by atoms with van der Waals surface area (Å²) in [6.07, 6.45) is 2.00. The normalized spacial score (nSPS) is 17.4. The van der Waals surface area contributed by atoms with Crippen LogP contribution in [0, 0.1) is 13.8 Å². The summed E-state index contributed by atoms with van der Waals surface area (Å²) in [5.74, 6) is 2.14. The number of nitrogens with one attached hydrogen (secondary N) is 1. The summed E-state index contributed by atoms with van der Waals surface area (Å²) in [5.41, 5.74) is 3.25. The molecule has 27 heavy (non-hydrogen) atoms. The maximum Gasteiger partial charge on any atom is 0.321 e. The fourth-order valence-electron chi connectivity index (χ4n) is 3.55. The number of carbonyl (C=O) groups excluding carboxylic acids is 1. The zero-order valence-corrected chi connectivity index (χ0v) is 17.0. The number of hydrogen-bond acceptors (Lipinski definition) is 4. The van der Waals surface area contributed by atoms with Crippen molar-refractivity contribution in [1.82, 2.24) is 24.6 Å². The van der Waals surface area contributed by atoms with Gasteiger partial charge in [0.1, 0.15) is 11.6 Å².